The molecule has 1 N–H and O–H groups in total. The van der Waals surface area contributed by atoms with E-state index in [1.165, 1.54) is 5.56 Å². The fraction of sp³-hybridized carbons (Fsp3) is 0.588. The smallest absolute Gasteiger partial charge is 0.372 e. The Morgan fingerprint density at radius 1 is 1.33 bits per heavy atom. The molecule has 24 heavy (non-hydrogen) atoms. The van der Waals surface area contributed by atoms with Crippen molar-refractivity contribution in [2.45, 2.75) is 24.9 Å². The Bertz CT molecular complexity index is 520. The lowest BCUT2D eigenvalue weighted by Crippen LogP contribution is -2.40. The zero-order valence-corrected chi connectivity index (χ0v) is 13.9. The van der Waals surface area contributed by atoms with Crippen molar-refractivity contribution in [3.63, 3.8) is 0 Å². The summed E-state index contributed by atoms with van der Waals surface area (Å²) in [5.41, 5.74) is 1.33. The maximum Gasteiger partial charge on any atom is 0.411 e. The highest BCUT2D eigenvalue weighted by Gasteiger charge is 2.27. The van der Waals surface area contributed by atoms with Crippen LogP contribution in [0.3, 0.4) is 0 Å². The van der Waals surface area contributed by atoms with E-state index >= 15 is 0 Å². The zero-order valence-electron chi connectivity index (χ0n) is 13.9. The zero-order chi connectivity index (χ0) is 17.4. The molecule has 134 valence electrons. The van der Waals surface area contributed by atoms with E-state index in [4.69, 9.17) is 0 Å². The number of ether oxygens (including phenoxy) is 1. The highest BCUT2D eigenvalue weighted by Crippen LogP contribution is 2.26. The summed E-state index contributed by atoms with van der Waals surface area (Å²) < 4.78 is 40.5. The van der Waals surface area contributed by atoms with E-state index in [2.05, 4.69) is 32.1 Å². The molecular formula is C17H24F3N3O. The molecule has 0 spiro atoms. The van der Waals surface area contributed by atoms with Gasteiger partial charge in [-0.25, -0.2) is 0 Å². The average Bonchev–Trinajstić information content (AvgIpc) is 3.04. The number of nitrogens with zero attached hydrogens (tertiary/aromatic N) is 2. The van der Waals surface area contributed by atoms with Crippen LogP contribution in [0.1, 0.15) is 24.3 Å². The third-order valence-corrected chi connectivity index (χ3v) is 3.98. The van der Waals surface area contributed by atoms with Crippen molar-refractivity contribution in [1.29, 1.82) is 0 Å². The molecule has 0 saturated carbocycles. The highest BCUT2D eigenvalue weighted by atomic mass is 19.4. The number of benzene rings is 1. The van der Waals surface area contributed by atoms with Crippen molar-refractivity contribution in [3.8, 4) is 0 Å². The topological polar surface area (TPSA) is 36.9 Å². The standard InChI is InChI=1S/C17H24F3N3O/c1-21-16(22-9-5-11-24-13-17(18,19)20)23-10-8-15(12-23)14-6-3-2-4-7-14/h2-4,6-7,15H,5,8-13H2,1H3,(H,21,22). The fourth-order valence-electron chi connectivity index (χ4n) is 2.84. The molecule has 1 atom stereocenters. The van der Waals surface area contributed by atoms with Gasteiger partial charge in [0.25, 0.3) is 0 Å². The fourth-order valence-corrected chi connectivity index (χ4v) is 2.84. The highest BCUT2D eigenvalue weighted by molar-refractivity contribution is 5.80. The molecule has 1 unspecified atom stereocenters. The Morgan fingerprint density at radius 3 is 2.75 bits per heavy atom. The molecule has 1 aromatic carbocycles. The number of halogens is 3. The van der Waals surface area contributed by atoms with Crippen LogP contribution in [-0.4, -0.2) is 56.9 Å². The second-order valence-corrected chi connectivity index (χ2v) is 5.84. The van der Waals surface area contributed by atoms with E-state index < -0.39 is 12.8 Å². The van der Waals surface area contributed by atoms with Gasteiger partial charge in [0.15, 0.2) is 5.96 Å². The Hall–Kier alpha value is -1.76. The second kappa shape index (κ2) is 8.92. The van der Waals surface area contributed by atoms with Gasteiger partial charge in [-0.1, -0.05) is 30.3 Å². The van der Waals surface area contributed by atoms with Crippen molar-refractivity contribution in [2.75, 3.05) is 39.9 Å². The number of aliphatic imine (C=N–C) groups is 1. The second-order valence-electron chi connectivity index (χ2n) is 5.84. The third kappa shape index (κ3) is 6.03. The number of guanidine groups is 1. The SMILES string of the molecule is CN=C(NCCCOCC(F)(F)F)N1CCC(c2ccccc2)C1. The molecule has 0 aliphatic carbocycles. The van der Waals surface area contributed by atoms with Crippen molar-refractivity contribution in [1.82, 2.24) is 10.2 Å². The van der Waals surface area contributed by atoms with Crippen LogP contribution in [-0.2, 0) is 4.74 Å². The summed E-state index contributed by atoms with van der Waals surface area (Å²) in [5, 5.41) is 3.20. The van der Waals surface area contributed by atoms with Crippen molar-refractivity contribution in [3.05, 3.63) is 35.9 Å². The van der Waals surface area contributed by atoms with Crippen LogP contribution in [0.5, 0.6) is 0 Å². The van der Waals surface area contributed by atoms with Crippen LogP contribution < -0.4 is 5.32 Å². The van der Waals surface area contributed by atoms with E-state index in [9.17, 15) is 13.2 Å². The Labute approximate surface area is 140 Å². The van der Waals surface area contributed by atoms with Crippen LogP contribution in [0, 0.1) is 0 Å². The van der Waals surface area contributed by atoms with Gasteiger partial charge < -0.3 is 15.0 Å². The number of alkyl halides is 3. The number of likely N-dealkylation sites (tertiary alicyclic amines) is 1. The summed E-state index contributed by atoms with van der Waals surface area (Å²) in [6, 6.07) is 10.4. The molecule has 1 aliphatic rings. The molecule has 4 nitrogen and oxygen atoms in total. The predicted octanol–water partition coefficient (Wildman–Crippen LogP) is 3.02. The molecule has 0 aromatic heterocycles. The minimum atomic E-state index is -4.26. The van der Waals surface area contributed by atoms with Gasteiger partial charge >= 0.3 is 6.18 Å². The van der Waals surface area contributed by atoms with E-state index in [-0.39, 0.29) is 6.61 Å². The van der Waals surface area contributed by atoms with Gasteiger partial charge in [0.05, 0.1) is 0 Å². The number of rotatable bonds is 6. The first kappa shape index (κ1) is 18.6. The lowest BCUT2D eigenvalue weighted by Gasteiger charge is -2.22. The number of nitrogens with one attached hydrogen (secondary N) is 1. The van der Waals surface area contributed by atoms with Gasteiger partial charge in [-0.15, -0.1) is 0 Å². The molecular weight excluding hydrogens is 319 g/mol. The van der Waals surface area contributed by atoms with Crippen molar-refractivity contribution >= 4 is 5.96 Å². The molecule has 7 heteroatoms. The summed E-state index contributed by atoms with van der Waals surface area (Å²) in [6.45, 7) is 1.25. The van der Waals surface area contributed by atoms with Crippen molar-refractivity contribution < 1.29 is 17.9 Å². The molecule has 0 bridgehead atoms. The van der Waals surface area contributed by atoms with Crippen molar-refractivity contribution in [2.24, 2.45) is 4.99 Å². The molecule has 2 rings (SSSR count). The molecule has 1 heterocycles. The van der Waals surface area contributed by atoms with Crippen LogP contribution >= 0.6 is 0 Å². The maximum absolute atomic E-state index is 12.0. The first-order chi connectivity index (χ1) is 11.5. The summed E-state index contributed by atoms with van der Waals surface area (Å²) in [6.07, 6.45) is -2.68. The van der Waals surface area contributed by atoms with Gasteiger partial charge in [-0.3, -0.25) is 4.99 Å². The normalized spacial score (nSPS) is 18.9. The van der Waals surface area contributed by atoms with Gasteiger partial charge in [0.2, 0.25) is 0 Å². The van der Waals surface area contributed by atoms with Gasteiger partial charge in [-0.2, -0.15) is 13.2 Å². The van der Waals surface area contributed by atoms with E-state index in [1.54, 1.807) is 7.05 Å². The van der Waals surface area contributed by atoms with Gasteiger partial charge in [-0.05, 0) is 18.4 Å². The summed E-state index contributed by atoms with van der Waals surface area (Å²) >= 11 is 0. The molecule has 1 fully saturated rings. The average molecular weight is 343 g/mol. The van der Waals surface area contributed by atoms with E-state index in [0.29, 0.717) is 18.9 Å². The maximum atomic E-state index is 12.0. The summed E-state index contributed by atoms with van der Waals surface area (Å²) in [4.78, 5) is 6.45. The van der Waals surface area contributed by atoms with Crippen LogP contribution in [0.25, 0.3) is 0 Å². The van der Waals surface area contributed by atoms with Crippen LogP contribution in [0.2, 0.25) is 0 Å². The first-order valence-electron chi connectivity index (χ1n) is 8.14. The monoisotopic (exact) mass is 343 g/mol. The minimum Gasteiger partial charge on any atom is -0.372 e. The Balaban J connectivity index is 1.69. The van der Waals surface area contributed by atoms with E-state index in [0.717, 1.165) is 25.5 Å². The minimum absolute atomic E-state index is 0.0795. The Kier molecular flexibility index (Phi) is 6.90. The predicted molar refractivity (Wildman–Crippen MR) is 88.2 cm³/mol. The van der Waals surface area contributed by atoms with Crippen LogP contribution in [0.15, 0.2) is 35.3 Å². The molecule has 0 radical (unpaired) electrons. The number of hydrogen-bond acceptors (Lipinski definition) is 2. The number of hydrogen-bond donors (Lipinski definition) is 1. The summed E-state index contributed by atoms with van der Waals surface area (Å²) in [5.74, 6) is 1.28. The molecule has 0 amide bonds. The molecule has 1 saturated heterocycles. The summed E-state index contributed by atoms with van der Waals surface area (Å²) in [7, 11) is 1.72. The Morgan fingerprint density at radius 2 is 2.08 bits per heavy atom. The molecule has 1 aliphatic heterocycles. The van der Waals surface area contributed by atoms with E-state index in [1.807, 2.05) is 18.2 Å². The van der Waals surface area contributed by atoms with Gasteiger partial charge in [0, 0.05) is 39.2 Å². The third-order valence-electron chi connectivity index (χ3n) is 3.98. The van der Waals surface area contributed by atoms with Gasteiger partial charge in [0.1, 0.15) is 6.61 Å². The van der Waals surface area contributed by atoms with Crippen LogP contribution in [0.4, 0.5) is 13.2 Å². The lowest BCUT2D eigenvalue weighted by atomic mass is 9.99. The first-order valence-corrected chi connectivity index (χ1v) is 8.14. The quantitative estimate of drug-likeness (QED) is 0.490. The largest absolute Gasteiger partial charge is 0.411 e. The molecule has 1 aromatic rings. The lowest BCUT2D eigenvalue weighted by molar-refractivity contribution is -0.173.